The Labute approximate surface area is 63.6 Å². The van der Waals surface area contributed by atoms with Crippen molar-refractivity contribution in [1.82, 2.24) is 4.90 Å². The fourth-order valence-corrected chi connectivity index (χ4v) is 0.558. The zero-order valence-electron chi connectivity index (χ0n) is 6.11. The number of carboxylic acids is 1. The maximum absolute atomic E-state index is 10.6. The predicted molar refractivity (Wildman–Crippen MR) is 36.0 cm³/mol. The molecule has 0 aromatic heterocycles. The van der Waals surface area contributed by atoms with E-state index in [2.05, 4.69) is 0 Å². The molecule has 0 saturated carbocycles. The molecule has 0 spiro atoms. The molecule has 0 radical (unpaired) electrons. The fourth-order valence-electron chi connectivity index (χ4n) is 0.558. The Morgan fingerprint density at radius 2 is 2.09 bits per heavy atom. The van der Waals surface area contributed by atoms with Crippen molar-refractivity contribution >= 4 is 18.2 Å². The van der Waals surface area contributed by atoms with Gasteiger partial charge in [0, 0.05) is 6.92 Å². The number of nitrogens with zero attached hydrogens (tertiary/aromatic N) is 1. The van der Waals surface area contributed by atoms with Crippen LogP contribution in [0.2, 0.25) is 0 Å². The molecule has 1 amide bonds. The summed E-state index contributed by atoms with van der Waals surface area (Å²) in [6.45, 7) is 0.627. The molecule has 5 heteroatoms. The summed E-state index contributed by atoms with van der Waals surface area (Å²) in [7, 11) is 0. The van der Waals surface area contributed by atoms with E-state index in [1.165, 1.54) is 6.92 Å². The molecule has 0 saturated heterocycles. The highest BCUT2D eigenvalue weighted by molar-refractivity contribution is 5.81. The standard InChI is InChI=1S/C6H9NO4/c1-5(9)7(2-3-8)4-6(10)11/h3H,2,4H2,1H3,(H,10,11). The SMILES string of the molecule is CC(=O)N(CC=O)CC(=O)O. The van der Waals surface area contributed by atoms with Crippen LogP contribution in [-0.2, 0) is 14.4 Å². The maximum Gasteiger partial charge on any atom is 0.323 e. The van der Waals surface area contributed by atoms with Gasteiger partial charge in [-0.25, -0.2) is 0 Å². The first-order valence-corrected chi connectivity index (χ1v) is 2.99. The Balaban J connectivity index is 3.99. The van der Waals surface area contributed by atoms with Gasteiger partial charge in [-0.15, -0.1) is 0 Å². The van der Waals surface area contributed by atoms with Crippen LogP contribution >= 0.6 is 0 Å². The molecule has 0 aromatic carbocycles. The van der Waals surface area contributed by atoms with Crippen molar-refractivity contribution < 1.29 is 19.5 Å². The van der Waals surface area contributed by atoms with E-state index in [9.17, 15) is 14.4 Å². The highest BCUT2D eigenvalue weighted by atomic mass is 16.4. The largest absolute Gasteiger partial charge is 0.480 e. The molecule has 0 heterocycles. The second-order valence-electron chi connectivity index (χ2n) is 1.96. The molecule has 0 aliphatic carbocycles. The molecule has 0 unspecified atom stereocenters. The monoisotopic (exact) mass is 159 g/mol. The smallest absolute Gasteiger partial charge is 0.323 e. The molecule has 0 rings (SSSR count). The number of hydrogen-bond donors (Lipinski definition) is 1. The molecule has 0 fully saturated rings. The number of carboxylic acid groups (broad SMARTS) is 1. The summed E-state index contributed by atoms with van der Waals surface area (Å²) in [6, 6.07) is 0. The van der Waals surface area contributed by atoms with Crippen LogP contribution in [-0.4, -0.2) is 41.3 Å². The van der Waals surface area contributed by atoms with Gasteiger partial charge in [-0.05, 0) is 0 Å². The zero-order chi connectivity index (χ0) is 8.85. The summed E-state index contributed by atoms with van der Waals surface area (Å²) in [5.41, 5.74) is 0. The molecule has 62 valence electrons. The number of rotatable bonds is 4. The van der Waals surface area contributed by atoms with E-state index in [-0.39, 0.29) is 6.54 Å². The van der Waals surface area contributed by atoms with Crippen molar-refractivity contribution in [3.05, 3.63) is 0 Å². The Morgan fingerprint density at radius 3 is 2.36 bits per heavy atom. The minimum absolute atomic E-state index is 0.165. The lowest BCUT2D eigenvalue weighted by Crippen LogP contribution is -2.35. The third kappa shape index (κ3) is 4.07. The van der Waals surface area contributed by atoms with Crippen molar-refractivity contribution in [2.24, 2.45) is 0 Å². The zero-order valence-corrected chi connectivity index (χ0v) is 6.11. The molecule has 1 N–H and O–H groups in total. The highest BCUT2D eigenvalue weighted by Gasteiger charge is 2.10. The van der Waals surface area contributed by atoms with Crippen LogP contribution in [0, 0.1) is 0 Å². The lowest BCUT2D eigenvalue weighted by atomic mass is 10.4. The molecule has 0 aliphatic heterocycles. The van der Waals surface area contributed by atoms with E-state index < -0.39 is 18.4 Å². The highest BCUT2D eigenvalue weighted by Crippen LogP contribution is 1.86. The molecular formula is C6H9NO4. The van der Waals surface area contributed by atoms with E-state index in [0.29, 0.717) is 6.29 Å². The summed E-state index contributed by atoms with van der Waals surface area (Å²) >= 11 is 0. The number of hydrogen-bond acceptors (Lipinski definition) is 3. The number of aldehydes is 1. The van der Waals surface area contributed by atoms with E-state index in [1.54, 1.807) is 0 Å². The predicted octanol–water partition coefficient (Wildman–Crippen LogP) is -0.882. The molecular weight excluding hydrogens is 150 g/mol. The normalized spacial score (nSPS) is 8.82. The summed E-state index contributed by atoms with van der Waals surface area (Å²) in [4.78, 5) is 31.5. The van der Waals surface area contributed by atoms with Crippen molar-refractivity contribution in [2.45, 2.75) is 6.92 Å². The Bertz CT molecular complexity index is 177. The molecule has 0 atom stereocenters. The average Bonchev–Trinajstić information content (AvgIpc) is 1.86. The summed E-state index contributed by atoms with van der Waals surface area (Å²) < 4.78 is 0. The minimum atomic E-state index is -1.12. The van der Waals surface area contributed by atoms with Gasteiger partial charge in [0.2, 0.25) is 5.91 Å². The first-order valence-electron chi connectivity index (χ1n) is 2.99. The Kier molecular flexibility index (Phi) is 3.87. The number of amides is 1. The van der Waals surface area contributed by atoms with Crippen molar-refractivity contribution in [2.75, 3.05) is 13.1 Å². The first-order chi connectivity index (χ1) is 5.07. The summed E-state index contributed by atoms with van der Waals surface area (Å²) in [6.07, 6.45) is 0.490. The topological polar surface area (TPSA) is 74.7 Å². The summed E-state index contributed by atoms with van der Waals surface area (Å²) in [5.74, 6) is -1.54. The third-order valence-electron chi connectivity index (χ3n) is 1.07. The van der Waals surface area contributed by atoms with E-state index >= 15 is 0 Å². The number of carbonyl (C=O) groups excluding carboxylic acids is 2. The fraction of sp³-hybridized carbons (Fsp3) is 0.500. The Hall–Kier alpha value is -1.39. The lowest BCUT2D eigenvalue weighted by Gasteiger charge is -2.14. The van der Waals surface area contributed by atoms with Crippen LogP contribution in [0.25, 0.3) is 0 Å². The minimum Gasteiger partial charge on any atom is -0.480 e. The molecule has 11 heavy (non-hydrogen) atoms. The van der Waals surface area contributed by atoms with Gasteiger partial charge in [-0.2, -0.15) is 0 Å². The second-order valence-corrected chi connectivity index (χ2v) is 1.96. The van der Waals surface area contributed by atoms with Crippen LogP contribution in [0.3, 0.4) is 0 Å². The van der Waals surface area contributed by atoms with Crippen molar-refractivity contribution in [3.63, 3.8) is 0 Å². The van der Waals surface area contributed by atoms with Gasteiger partial charge in [0.1, 0.15) is 12.8 Å². The lowest BCUT2D eigenvalue weighted by molar-refractivity contribution is -0.144. The Morgan fingerprint density at radius 1 is 1.55 bits per heavy atom. The molecule has 5 nitrogen and oxygen atoms in total. The van der Waals surface area contributed by atoms with Gasteiger partial charge in [0.15, 0.2) is 0 Å². The molecule has 0 bridgehead atoms. The van der Waals surface area contributed by atoms with Crippen LogP contribution in [0.15, 0.2) is 0 Å². The van der Waals surface area contributed by atoms with Crippen molar-refractivity contribution in [1.29, 1.82) is 0 Å². The first kappa shape index (κ1) is 9.61. The van der Waals surface area contributed by atoms with Crippen LogP contribution in [0.1, 0.15) is 6.92 Å². The third-order valence-corrected chi connectivity index (χ3v) is 1.07. The number of aliphatic carboxylic acids is 1. The van der Waals surface area contributed by atoms with Crippen LogP contribution < -0.4 is 0 Å². The van der Waals surface area contributed by atoms with Gasteiger partial charge in [-0.3, -0.25) is 9.59 Å². The molecule has 0 aromatic rings. The van der Waals surface area contributed by atoms with E-state index in [4.69, 9.17) is 5.11 Å². The van der Waals surface area contributed by atoms with Gasteiger partial charge in [-0.1, -0.05) is 0 Å². The average molecular weight is 159 g/mol. The van der Waals surface area contributed by atoms with Gasteiger partial charge in [0.05, 0.1) is 6.54 Å². The van der Waals surface area contributed by atoms with Crippen LogP contribution in [0.4, 0.5) is 0 Å². The quantitative estimate of drug-likeness (QED) is 0.540. The van der Waals surface area contributed by atoms with E-state index in [1.807, 2.05) is 0 Å². The summed E-state index contributed by atoms with van der Waals surface area (Å²) in [5, 5.41) is 8.25. The van der Waals surface area contributed by atoms with Gasteiger partial charge >= 0.3 is 5.97 Å². The number of carbonyl (C=O) groups is 3. The van der Waals surface area contributed by atoms with Crippen LogP contribution in [0.5, 0.6) is 0 Å². The van der Waals surface area contributed by atoms with Gasteiger partial charge in [0.25, 0.3) is 0 Å². The molecule has 0 aliphatic rings. The van der Waals surface area contributed by atoms with Crippen molar-refractivity contribution in [3.8, 4) is 0 Å². The van der Waals surface area contributed by atoms with Gasteiger partial charge < -0.3 is 14.8 Å². The maximum atomic E-state index is 10.6. The second kappa shape index (κ2) is 4.43. The van der Waals surface area contributed by atoms with E-state index in [0.717, 1.165) is 4.90 Å².